The Morgan fingerprint density at radius 3 is 2.45 bits per heavy atom. The van der Waals surface area contributed by atoms with Gasteiger partial charge in [0.25, 0.3) is 5.91 Å². The lowest BCUT2D eigenvalue weighted by Gasteiger charge is -2.34. The number of carbonyl (C=O) groups is 4. The number of nitrogens with one attached hydrogen (secondary N) is 1. The zero-order valence-corrected chi connectivity index (χ0v) is 18.8. The molecule has 3 fully saturated rings. The van der Waals surface area contributed by atoms with E-state index in [-0.39, 0.29) is 43.0 Å². The topological polar surface area (TPSA) is 86.8 Å². The number of rotatable bonds is 4. The molecular formula is C25H30FN3O4. The average Bonchev–Trinajstić information content (AvgIpc) is 3.42. The van der Waals surface area contributed by atoms with Crippen LogP contribution in [-0.2, 0) is 20.9 Å². The molecular weight excluding hydrogens is 425 g/mol. The van der Waals surface area contributed by atoms with Crippen molar-refractivity contribution in [2.24, 2.45) is 5.92 Å². The number of likely N-dealkylation sites (tertiary alicyclic amines) is 1. The highest BCUT2D eigenvalue weighted by molar-refractivity contribution is 6.05. The van der Waals surface area contributed by atoms with Gasteiger partial charge in [-0.15, -0.1) is 0 Å². The highest BCUT2D eigenvalue weighted by atomic mass is 19.1. The Labute approximate surface area is 192 Å². The maximum Gasteiger partial charge on any atom is 0.255 e. The number of amides is 4. The third-order valence-corrected chi connectivity index (χ3v) is 7.88. The number of imide groups is 1. The smallest absolute Gasteiger partial charge is 0.255 e. The summed E-state index contributed by atoms with van der Waals surface area (Å²) in [5, 5.41) is 2.30. The van der Waals surface area contributed by atoms with Crippen LogP contribution in [0.25, 0.3) is 0 Å². The molecule has 0 radical (unpaired) electrons. The van der Waals surface area contributed by atoms with Crippen molar-refractivity contribution in [1.82, 2.24) is 15.1 Å². The van der Waals surface area contributed by atoms with E-state index in [0.29, 0.717) is 31.0 Å². The molecule has 176 valence electrons. The number of hydrogen-bond acceptors (Lipinski definition) is 4. The molecule has 0 bridgehead atoms. The van der Waals surface area contributed by atoms with Crippen LogP contribution in [0.1, 0.15) is 85.2 Å². The Bertz CT molecular complexity index is 996. The lowest BCUT2D eigenvalue weighted by atomic mass is 9.85. The van der Waals surface area contributed by atoms with Crippen LogP contribution < -0.4 is 5.32 Å². The summed E-state index contributed by atoms with van der Waals surface area (Å²) in [6.45, 7) is 1.54. The van der Waals surface area contributed by atoms with Gasteiger partial charge < -0.3 is 9.80 Å². The Hall–Kier alpha value is -2.77. The highest BCUT2D eigenvalue weighted by Gasteiger charge is 2.41. The van der Waals surface area contributed by atoms with E-state index in [4.69, 9.17) is 0 Å². The van der Waals surface area contributed by atoms with E-state index in [1.165, 1.54) is 29.9 Å². The van der Waals surface area contributed by atoms with Crippen LogP contribution in [0.5, 0.6) is 0 Å². The van der Waals surface area contributed by atoms with E-state index in [2.05, 4.69) is 5.32 Å². The first-order chi connectivity index (χ1) is 15.9. The fraction of sp³-hybridized carbons (Fsp3) is 0.600. The number of hydrogen-bond donors (Lipinski definition) is 1. The number of benzene rings is 1. The molecule has 4 aliphatic rings. The first kappa shape index (κ1) is 22.0. The Kier molecular flexibility index (Phi) is 5.93. The van der Waals surface area contributed by atoms with E-state index < -0.39 is 17.8 Å². The maximum atomic E-state index is 14.5. The van der Waals surface area contributed by atoms with Crippen LogP contribution in [0.15, 0.2) is 12.1 Å². The lowest BCUT2D eigenvalue weighted by molar-refractivity contribution is -0.137. The molecule has 4 amide bonds. The van der Waals surface area contributed by atoms with Gasteiger partial charge in [-0.2, -0.15) is 0 Å². The van der Waals surface area contributed by atoms with Gasteiger partial charge in [0.2, 0.25) is 17.7 Å². The zero-order chi connectivity index (χ0) is 23.1. The quantitative estimate of drug-likeness (QED) is 0.708. The highest BCUT2D eigenvalue weighted by Crippen LogP contribution is 2.38. The maximum absolute atomic E-state index is 14.5. The van der Waals surface area contributed by atoms with Crippen LogP contribution in [0.4, 0.5) is 4.39 Å². The molecule has 1 aromatic carbocycles. The van der Waals surface area contributed by atoms with Crippen molar-refractivity contribution in [1.29, 1.82) is 0 Å². The summed E-state index contributed by atoms with van der Waals surface area (Å²) in [5.74, 6) is -0.800. The second kappa shape index (κ2) is 8.88. The monoisotopic (exact) mass is 455 g/mol. The van der Waals surface area contributed by atoms with Crippen molar-refractivity contribution in [3.8, 4) is 0 Å². The molecule has 1 atom stereocenters. The summed E-state index contributed by atoms with van der Waals surface area (Å²) >= 11 is 0. The van der Waals surface area contributed by atoms with E-state index >= 15 is 0 Å². The minimum atomic E-state index is -0.714. The summed E-state index contributed by atoms with van der Waals surface area (Å²) in [4.78, 5) is 53.0. The average molecular weight is 456 g/mol. The Balaban J connectivity index is 1.29. The number of halogens is 1. The summed E-state index contributed by atoms with van der Waals surface area (Å²) in [6, 6.07) is 2.06. The molecule has 33 heavy (non-hydrogen) atoms. The molecule has 1 aromatic rings. The van der Waals surface area contributed by atoms with Crippen LogP contribution in [0.2, 0.25) is 0 Å². The Morgan fingerprint density at radius 1 is 1.03 bits per heavy atom. The van der Waals surface area contributed by atoms with E-state index in [0.717, 1.165) is 36.8 Å². The molecule has 2 saturated heterocycles. The fourth-order valence-corrected chi connectivity index (χ4v) is 6.05. The second-order valence-electron chi connectivity index (χ2n) is 9.93. The van der Waals surface area contributed by atoms with Crippen molar-refractivity contribution in [2.75, 3.05) is 13.1 Å². The third-order valence-electron chi connectivity index (χ3n) is 7.88. The first-order valence-electron chi connectivity index (χ1n) is 12.2. The predicted octanol–water partition coefficient (Wildman–Crippen LogP) is 2.87. The van der Waals surface area contributed by atoms with Gasteiger partial charge in [-0.25, -0.2) is 4.39 Å². The van der Waals surface area contributed by atoms with E-state index in [1.807, 2.05) is 4.90 Å². The number of piperidine rings is 2. The van der Waals surface area contributed by atoms with Gasteiger partial charge >= 0.3 is 0 Å². The van der Waals surface area contributed by atoms with Crippen LogP contribution >= 0.6 is 0 Å². The summed E-state index contributed by atoms with van der Waals surface area (Å²) in [5.41, 5.74) is 1.91. The minimum Gasteiger partial charge on any atom is -0.343 e. The third kappa shape index (κ3) is 4.27. The zero-order valence-electron chi connectivity index (χ0n) is 18.8. The predicted molar refractivity (Wildman–Crippen MR) is 118 cm³/mol. The number of carbonyl (C=O) groups excluding carboxylic acids is 4. The molecule has 5 rings (SSSR count). The molecule has 0 spiro atoms. The van der Waals surface area contributed by atoms with Gasteiger partial charge in [-0.05, 0) is 67.2 Å². The SMILES string of the molecule is O=C1CCC(N2Cc3c(cc(F)cc3C3CCN(C(=O)CC4CCCC4)CC3)C2=O)C(=O)N1. The number of fused-ring (bicyclic) bond motifs is 1. The largest absolute Gasteiger partial charge is 0.343 e. The van der Waals surface area contributed by atoms with Gasteiger partial charge in [-0.1, -0.05) is 12.8 Å². The molecule has 3 heterocycles. The standard InChI is InChI=1S/C25H30FN3O4/c26-17-12-18(16-7-9-28(10-8-16)23(31)11-15-3-1-2-4-15)20-14-29(25(33)19(20)13-17)21-5-6-22(30)27-24(21)32/h12-13,15-16,21H,1-11,14H2,(H,27,30,32). The van der Waals surface area contributed by atoms with Gasteiger partial charge in [-0.3, -0.25) is 24.5 Å². The van der Waals surface area contributed by atoms with Crippen molar-refractivity contribution in [3.63, 3.8) is 0 Å². The molecule has 1 N–H and O–H groups in total. The second-order valence-corrected chi connectivity index (χ2v) is 9.93. The van der Waals surface area contributed by atoms with Gasteiger partial charge in [0.15, 0.2) is 0 Å². The normalized spacial score (nSPS) is 24.4. The molecule has 1 unspecified atom stereocenters. The lowest BCUT2D eigenvalue weighted by Crippen LogP contribution is -2.52. The molecule has 3 aliphatic heterocycles. The fourth-order valence-electron chi connectivity index (χ4n) is 6.05. The van der Waals surface area contributed by atoms with Crippen LogP contribution in [0.3, 0.4) is 0 Å². The van der Waals surface area contributed by atoms with Crippen LogP contribution in [0, 0.1) is 11.7 Å². The molecule has 7 nitrogen and oxygen atoms in total. The van der Waals surface area contributed by atoms with Crippen LogP contribution in [-0.4, -0.2) is 52.6 Å². The van der Waals surface area contributed by atoms with E-state index in [9.17, 15) is 23.6 Å². The Morgan fingerprint density at radius 2 is 1.76 bits per heavy atom. The summed E-state index contributed by atoms with van der Waals surface area (Å²) < 4.78 is 14.5. The van der Waals surface area contributed by atoms with Crippen molar-refractivity contribution < 1.29 is 23.6 Å². The van der Waals surface area contributed by atoms with Crippen molar-refractivity contribution >= 4 is 23.6 Å². The summed E-state index contributed by atoms with van der Waals surface area (Å²) in [7, 11) is 0. The molecule has 0 aromatic heterocycles. The molecule has 1 aliphatic carbocycles. The molecule has 8 heteroatoms. The van der Waals surface area contributed by atoms with Gasteiger partial charge in [0.05, 0.1) is 0 Å². The molecule has 1 saturated carbocycles. The first-order valence-corrected chi connectivity index (χ1v) is 12.2. The van der Waals surface area contributed by atoms with Crippen molar-refractivity contribution in [3.05, 3.63) is 34.6 Å². The number of nitrogens with zero attached hydrogens (tertiary/aromatic N) is 2. The van der Waals surface area contributed by atoms with Gasteiger partial charge in [0, 0.05) is 38.0 Å². The minimum absolute atomic E-state index is 0.0690. The van der Waals surface area contributed by atoms with Gasteiger partial charge in [0.1, 0.15) is 11.9 Å². The summed E-state index contributed by atoms with van der Waals surface area (Å²) in [6.07, 6.45) is 7.31. The van der Waals surface area contributed by atoms with Crippen molar-refractivity contribution in [2.45, 2.75) is 76.3 Å². The van der Waals surface area contributed by atoms with E-state index in [1.54, 1.807) is 0 Å².